The van der Waals surface area contributed by atoms with Crippen LogP contribution in [0.4, 0.5) is 50.9 Å². The number of carbonyl (C=O) groups is 2. The largest absolute Gasteiger partial charge is 0.457 e. The standard InChI is InChI=1S/C23H11Br2ClF9N3O2/c24-14-7-12(20(27,22(30,31)32)21(28,29)23(33,34)35)8-15(25)17(14)38-18(39)10-2-1-3-13(6-10)37-19(40)11-4-5-16(26)36-9-11/h1-9H,(H,37,40)(H,38,39). The van der Waals surface area contributed by atoms with Crippen LogP contribution in [0.25, 0.3) is 0 Å². The van der Waals surface area contributed by atoms with Crippen molar-refractivity contribution in [2.24, 2.45) is 0 Å². The van der Waals surface area contributed by atoms with Crippen LogP contribution >= 0.6 is 43.5 Å². The minimum absolute atomic E-state index is 0.0459. The van der Waals surface area contributed by atoms with Gasteiger partial charge >= 0.3 is 23.9 Å². The van der Waals surface area contributed by atoms with E-state index in [0.717, 1.165) is 0 Å². The number of nitrogens with zero attached hydrogens (tertiary/aromatic N) is 1. The van der Waals surface area contributed by atoms with Crippen molar-refractivity contribution in [1.29, 1.82) is 0 Å². The van der Waals surface area contributed by atoms with Crippen molar-refractivity contribution in [3.8, 4) is 0 Å². The van der Waals surface area contributed by atoms with Gasteiger partial charge in [-0.3, -0.25) is 9.59 Å². The number of amides is 2. The van der Waals surface area contributed by atoms with Gasteiger partial charge in [-0.05, 0) is 74.3 Å². The number of nitrogens with one attached hydrogen (secondary N) is 2. The molecule has 1 aromatic heterocycles. The second kappa shape index (κ2) is 11.2. The third kappa shape index (κ3) is 6.07. The minimum atomic E-state index is -6.90. The SMILES string of the molecule is O=C(Nc1cccc(C(=O)Nc2c(Br)cc(C(F)(C(F)(F)F)C(F)(F)C(F)(F)F)cc2Br)c1)c1ccc(Cl)nc1. The molecule has 17 heteroatoms. The van der Waals surface area contributed by atoms with Crippen molar-refractivity contribution in [3.05, 3.63) is 85.5 Å². The number of hydrogen-bond acceptors (Lipinski definition) is 3. The molecule has 2 aromatic carbocycles. The molecule has 3 rings (SSSR count). The lowest BCUT2D eigenvalue weighted by Gasteiger charge is -2.36. The summed E-state index contributed by atoms with van der Waals surface area (Å²) in [5, 5.41) is 4.85. The van der Waals surface area contributed by atoms with Gasteiger partial charge in [-0.2, -0.15) is 35.1 Å². The van der Waals surface area contributed by atoms with Gasteiger partial charge in [-0.25, -0.2) is 9.37 Å². The Hall–Kier alpha value is -2.85. The maximum atomic E-state index is 14.8. The molecule has 1 atom stereocenters. The summed E-state index contributed by atoms with van der Waals surface area (Å²) in [7, 11) is 0. The van der Waals surface area contributed by atoms with Crippen LogP contribution in [-0.2, 0) is 5.67 Å². The van der Waals surface area contributed by atoms with E-state index in [-0.39, 0.29) is 34.1 Å². The molecule has 214 valence electrons. The summed E-state index contributed by atoms with van der Waals surface area (Å²) in [4.78, 5) is 28.9. The maximum absolute atomic E-state index is 14.8. The van der Waals surface area contributed by atoms with Crippen LogP contribution in [0.1, 0.15) is 26.3 Å². The Bertz CT molecular complexity index is 1430. The fraction of sp³-hybridized carbons (Fsp3) is 0.174. The second-order valence-corrected chi connectivity index (χ2v) is 10.00. The zero-order valence-corrected chi connectivity index (χ0v) is 22.9. The molecule has 0 fully saturated rings. The molecule has 2 amide bonds. The van der Waals surface area contributed by atoms with Crippen LogP contribution in [0.3, 0.4) is 0 Å². The quantitative estimate of drug-likeness (QED) is 0.197. The number of halogens is 12. The average Bonchev–Trinajstić information content (AvgIpc) is 2.84. The van der Waals surface area contributed by atoms with E-state index in [1.165, 1.54) is 42.6 Å². The first-order chi connectivity index (χ1) is 18.3. The molecule has 0 radical (unpaired) electrons. The van der Waals surface area contributed by atoms with Crippen LogP contribution in [0.5, 0.6) is 0 Å². The summed E-state index contributed by atoms with van der Waals surface area (Å²) in [6, 6.07) is 8.09. The number of hydrogen-bond donors (Lipinski definition) is 2. The van der Waals surface area contributed by atoms with E-state index in [9.17, 15) is 49.1 Å². The number of alkyl halides is 9. The summed E-state index contributed by atoms with van der Waals surface area (Å²) in [6.45, 7) is 0. The molecular formula is C23H11Br2ClF9N3O2. The summed E-state index contributed by atoms with van der Waals surface area (Å²) >= 11 is 11.0. The number of rotatable bonds is 6. The molecule has 0 spiro atoms. The van der Waals surface area contributed by atoms with Crippen molar-refractivity contribution < 1.29 is 49.1 Å². The Kier molecular flexibility index (Phi) is 8.87. The first-order valence-corrected chi connectivity index (χ1v) is 12.3. The topological polar surface area (TPSA) is 71.1 Å². The predicted molar refractivity (Wildman–Crippen MR) is 133 cm³/mol. The van der Waals surface area contributed by atoms with E-state index < -0.39 is 56.0 Å². The zero-order chi connectivity index (χ0) is 30.3. The lowest BCUT2D eigenvalue weighted by Crippen LogP contribution is -2.59. The monoisotopic (exact) mass is 725 g/mol. The molecule has 1 heterocycles. The van der Waals surface area contributed by atoms with Gasteiger partial charge in [0.15, 0.2) is 0 Å². The molecule has 0 saturated heterocycles. The van der Waals surface area contributed by atoms with E-state index in [1.54, 1.807) is 0 Å². The molecule has 3 aromatic rings. The van der Waals surface area contributed by atoms with Crippen molar-refractivity contribution in [2.45, 2.75) is 23.9 Å². The van der Waals surface area contributed by atoms with Crippen molar-refractivity contribution in [1.82, 2.24) is 4.98 Å². The van der Waals surface area contributed by atoms with Gasteiger partial charge in [0.05, 0.1) is 11.3 Å². The van der Waals surface area contributed by atoms with Crippen LogP contribution in [0, 0.1) is 0 Å². The summed E-state index contributed by atoms with van der Waals surface area (Å²) in [6.07, 6.45) is -12.4. The molecule has 1 unspecified atom stereocenters. The molecule has 0 aliphatic carbocycles. The molecule has 0 saturated carbocycles. The third-order valence-electron chi connectivity index (χ3n) is 5.23. The van der Waals surface area contributed by atoms with Crippen LogP contribution in [0.15, 0.2) is 63.7 Å². The molecule has 0 aliphatic rings. The first kappa shape index (κ1) is 31.7. The van der Waals surface area contributed by atoms with E-state index in [1.807, 2.05) is 0 Å². The number of anilines is 2. The number of pyridine rings is 1. The van der Waals surface area contributed by atoms with Crippen LogP contribution < -0.4 is 10.6 Å². The highest BCUT2D eigenvalue weighted by Gasteiger charge is 2.81. The highest BCUT2D eigenvalue weighted by molar-refractivity contribution is 9.11. The van der Waals surface area contributed by atoms with Gasteiger partial charge in [0, 0.05) is 32.0 Å². The van der Waals surface area contributed by atoms with E-state index in [2.05, 4.69) is 47.5 Å². The lowest BCUT2D eigenvalue weighted by atomic mass is 9.87. The van der Waals surface area contributed by atoms with Crippen molar-refractivity contribution in [3.63, 3.8) is 0 Å². The van der Waals surface area contributed by atoms with E-state index >= 15 is 0 Å². The Labute approximate surface area is 240 Å². The lowest BCUT2D eigenvalue weighted by molar-refractivity contribution is -0.389. The summed E-state index contributed by atoms with van der Waals surface area (Å²) in [5.41, 5.74) is -8.53. The van der Waals surface area contributed by atoms with Crippen molar-refractivity contribution >= 4 is 66.6 Å². The maximum Gasteiger partial charge on any atom is 0.457 e. The number of aromatic nitrogens is 1. The second-order valence-electron chi connectivity index (χ2n) is 7.90. The van der Waals surface area contributed by atoms with Gasteiger partial charge in [0.25, 0.3) is 11.8 Å². The zero-order valence-electron chi connectivity index (χ0n) is 19.0. The van der Waals surface area contributed by atoms with Crippen molar-refractivity contribution in [2.75, 3.05) is 10.6 Å². The fourth-order valence-electron chi connectivity index (χ4n) is 3.25. The van der Waals surface area contributed by atoms with Crippen LogP contribution in [0.2, 0.25) is 5.15 Å². The number of benzene rings is 2. The average molecular weight is 728 g/mol. The highest BCUT2D eigenvalue weighted by Crippen LogP contribution is 2.59. The normalized spacial score (nSPS) is 13.9. The van der Waals surface area contributed by atoms with Crippen LogP contribution in [-0.4, -0.2) is 35.1 Å². The Morgan fingerprint density at radius 2 is 1.32 bits per heavy atom. The summed E-state index contributed by atoms with van der Waals surface area (Å²) < 4.78 is 120. The smallest absolute Gasteiger partial charge is 0.322 e. The fourth-order valence-corrected chi connectivity index (χ4v) is 4.74. The first-order valence-electron chi connectivity index (χ1n) is 10.3. The van der Waals surface area contributed by atoms with E-state index in [0.29, 0.717) is 0 Å². The molecule has 2 N–H and O–H groups in total. The van der Waals surface area contributed by atoms with Gasteiger partial charge < -0.3 is 10.6 Å². The Balaban J connectivity index is 1.91. The molecule has 5 nitrogen and oxygen atoms in total. The number of carbonyl (C=O) groups excluding carboxylic acids is 2. The molecule has 40 heavy (non-hydrogen) atoms. The Morgan fingerprint density at radius 1 is 0.750 bits per heavy atom. The van der Waals surface area contributed by atoms with Gasteiger partial charge in [0.1, 0.15) is 5.15 Å². The Morgan fingerprint density at radius 3 is 1.82 bits per heavy atom. The van der Waals surface area contributed by atoms with Gasteiger partial charge in [-0.1, -0.05) is 17.7 Å². The molecule has 0 aliphatic heterocycles. The highest BCUT2D eigenvalue weighted by atomic mass is 79.9. The summed E-state index contributed by atoms with van der Waals surface area (Å²) in [5.74, 6) is -8.42. The van der Waals surface area contributed by atoms with Gasteiger partial charge in [0.2, 0.25) is 0 Å². The van der Waals surface area contributed by atoms with Gasteiger partial charge in [-0.15, -0.1) is 0 Å². The predicted octanol–water partition coefficient (Wildman–Crippen LogP) is 8.69. The molecular weight excluding hydrogens is 717 g/mol. The minimum Gasteiger partial charge on any atom is -0.322 e. The molecule has 0 bridgehead atoms. The van der Waals surface area contributed by atoms with E-state index in [4.69, 9.17) is 11.6 Å². The third-order valence-corrected chi connectivity index (χ3v) is 6.70.